The molecule has 0 amide bonds. The highest BCUT2D eigenvalue weighted by atomic mass is 79.9. The smallest absolute Gasteiger partial charge is 0.383 e. The summed E-state index contributed by atoms with van der Waals surface area (Å²) >= 11 is 16.9. The predicted molar refractivity (Wildman–Crippen MR) is 108 cm³/mol. The topological polar surface area (TPSA) is 43.8 Å². The quantitative estimate of drug-likeness (QED) is 0.399. The Hall–Kier alpha value is -1.35. The van der Waals surface area contributed by atoms with Crippen molar-refractivity contribution in [2.24, 2.45) is 0 Å². The van der Waals surface area contributed by atoms with Crippen LogP contribution in [0.5, 0.6) is 0 Å². The molecular formula is C17H11BrCl2F3N3S. The lowest BCUT2D eigenvalue weighted by Crippen LogP contribution is -2.08. The van der Waals surface area contributed by atoms with Crippen LogP contribution < -0.4 is 5.73 Å². The zero-order valence-electron chi connectivity index (χ0n) is 13.6. The van der Waals surface area contributed by atoms with E-state index in [-0.39, 0.29) is 21.6 Å². The van der Waals surface area contributed by atoms with Crippen molar-refractivity contribution in [1.29, 1.82) is 0 Å². The highest BCUT2D eigenvalue weighted by molar-refractivity contribution is 9.10. The van der Waals surface area contributed by atoms with Gasteiger partial charge < -0.3 is 5.73 Å². The second-order valence-electron chi connectivity index (χ2n) is 5.47. The number of hydrogen-bond donors (Lipinski definition) is 1. The van der Waals surface area contributed by atoms with Crippen molar-refractivity contribution in [3.63, 3.8) is 0 Å². The van der Waals surface area contributed by atoms with Crippen LogP contribution in [0, 0.1) is 0 Å². The van der Waals surface area contributed by atoms with Gasteiger partial charge in [0.25, 0.3) is 0 Å². The Bertz CT molecular complexity index is 981. The Morgan fingerprint density at radius 3 is 2.15 bits per heavy atom. The second-order valence-corrected chi connectivity index (χ2v) is 8.00. The molecular weight excluding hydrogens is 486 g/mol. The van der Waals surface area contributed by atoms with E-state index in [1.54, 1.807) is 0 Å². The van der Waals surface area contributed by atoms with Gasteiger partial charge in [-0.3, -0.25) is 0 Å². The van der Waals surface area contributed by atoms with Gasteiger partial charge in [-0.2, -0.15) is 18.3 Å². The minimum absolute atomic E-state index is 0.0995. The standard InChI is InChI=1S/C17H11BrCl2F3N3S/c1-27-16-13(8-2-4-10(18)5-3-8)15(24)26(25-16)14-11(19)6-9(7-12(14)20)17(21,22)23/h2-7H,24H2,1H3. The monoisotopic (exact) mass is 495 g/mol. The molecule has 3 rings (SSSR count). The van der Waals surface area contributed by atoms with E-state index < -0.39 is 11.7 Å². The van der Waals surface area contributed by atoms with E-state index in [4.69, 9.17) is 28.9 Å². The van der Waals surface area contributed by atoms with Crippen molar-refractivity contribution in [1.82, 2.24) is 9.78 Å². The number of rotatable bonds is 3. The lowest BCUT2D eigenvalue weighted by atomic mass is 10.1. The zero-order valence-corrected chi connectivity index (χ0v) is 17.5. The summed E-state index contributed by atoms with van der Waals surface area (Å²) in [6.07, 6.45) is -2.74. The van der Waals surface area contributed by atoms with E-state index in [9.17, 15) is 13.2 Å². The third-order valence-corrected chi connectivity index (χ3v) is 5.55. The summed E-state index contributed by atoms with van der Waals surface area (Å²) < 4.78 is 41.1. The van der Waals surface area contributed by atoms with Gasteiger partial charge in [0.1, 0.15) is 16.5 Å². The van der Waals surface area contributed by atoms with E-state index in [0.29, 0.717) is 10.6 Å². The summed E-state index contributed by atoms with van der Waals surface area (Å²) in [4.78, 5) is 0. The molecule has 0 saturated heterocycles. The molecule has 0 fully saturated rings. The van der Waals surface area contributed by atoms with Gasteiger partial charge in [0, 0.05) is 4.47 Å². The molecule has 10 heteroatoms. The molecule has 0 atom stereocenters. The van der Waals surface area contributed by atoms with Gasteiger partial charge in [0.15, 0.2) is 0 Å². The van der Waals surface area contributed by atoms with Crippen LogP contribution in [-0.2, 0) is 6.18 Å². The van der Waals surface area contributed by atoms with Crippen molar-refractivity contribution in [2.45, 2.75) is 11.2 Å². The first-order valence-corrected chi connectivity index (χ1v) is 10.2. The van der Waals surface area contributed by atoms with Crippen molar-refractivity contribution in [3.8, 4) is 16.8 Å². The number of nitrogens with two attached hydrogens (primary N) is 1. The van der Waals surface area contributed by atoms with Crippen LogP contribution in [0.1, 0.15) is 5.56 Å². The molecule has 0 aliphatic rings. The second kappa shape index (κ2) is 7.58. The van der Waals surface area contributed by atoms with Gasteiger partial charge in [0.05, 0.1) is 21.2 Å². The number of thioether (sulfide) groups is 1. The fourth-order valence-corrected chi connectivity index (χ4v) is 4.04. The predicted octanol–water partition coefficient (Wildman–Crippen LogP) is 6.93. The third-order valence-electron chi connectivity index (χ3n) is 3.77. The maximum absolute atomic E-state index is 13.0. The van der Waals surface area contributed by atoms with Crippen LogP contribution in [0.4, 0.5) is 19.0 Å². The molecule has 0 bridgehead atoms. The number of hydrogen-bond acceptors (Lipinski definition) is 3. The number of anilines is 1. The van der Waals surface area contributed by atoms with Crippen molar-refractivity contribution < 1.29 is 13.2 Å². The lowest BCUT2D eigenvalue weighted by Gasteiger charge is -2.13. The first kappa shape index (κ1) is 20.4. The van der Waals surface area contributed by atoms with Gasteiger partial charge in [-0.1, -0.05) is 51.3 Å². The summed E-state index contributed by atoms with van der Waals surface area (Å²) in [6.45, 7) is 0. The van der Waals surface area contributed by atoms with Gasteiger partial charge in [-0.15, -0.1) is 11.8 Å². The van der Waals surface area contributed by atoms with Crippen LogP contribution >= 0.6 is 50.9 Å². The van der Waals surface area contributed by atoms with Gasteiger partial charge in [0.2, 0.25) is 0 Å². The molecule has 2 N–H and O–H groups in total. The Kier molecular flexibility index (Phi) is 5.72. The van der Waals surface area contributed by atoms with Crippen LogP contribution in [0.25, 0.3) is 16.8 Å². The van der Waals surface area contributed by atoms with Gasteiger partial charge >= 0.3 is 6.18 Å². The van der Waals surface area contributed by atoms with Crippen molar-refractivity contribution in [2.75, 3.05) is 12.0 Å². The Balaban J connectivity index is 2.21. The molecule has 3 nitrogen and oxygen atoms in total. The maximum Gasteiger partial charge on any atom is 0.416 e. The average molecular weight is 497 g/mol. The molecule has 0 aliphatic carbocycles. The molecule has 0 aliphatic heterocycles. The zero-order chi connectivity index (χ0) is 19.9. The number of nitrogens with zero attached hydrogens (tertiary/aromatic N) is 2. The van der Waals surface area contributed by atoms with E-state index in [2.05, 4.69) is 21.0 Å². The number of halogens is 6. The van der Waals surface area contributed by atoms with E-state index in [0.717, 1.165) is 22.2 Å². The summed E-state index contributed by atoms with van der Waals surface area (Å²) in [5, 5.41) is 4.61. The Labute approximate surface area is 175 Å². The van der Waals surface area contributed by atoms with Crippen LogP contribution in [0.15, 0.2) is 45.9 Å². The molecule has 1 aromatic heterocycles. The molecule has 0 saturated carbocycles. The molecule has 3 aromatic rings. The van der Waals surface area contributed by atoms with E-state index in [1.165, 1.54) is 16.4 Å². The largest absolute Gasteiger partial charge is 0.416 e. The molecule has 27 heavy (non-hydrogen) atoms. The molecule has 0 spiro atoms. The minimum atomic E-state index is -4.56. The van der Waals surface area contributed by atoms with Gasteiger partial charge in [-0.05, 0) is 36.1 Å². The highest BCUT2D eigenvalue weighted by Gasteiger charge is 2.33. The van der Waals surface area contributed by atoms with Gasteiger partial charge in [-0.25, -0.2) is 4.68 Å². The molecule has 0 radical (unpaired) electrons. The molecule has 2 aromatic carbocycles. The summed E-state index contributed by atoms with van der Waals surface area (Å²) in [7, 11) is 0. The normalized spacial score (nSPS) is 11.8. The SMILES string of the molecule is CSc1nn(-c2c(Cl)cc(C(F)(F)F)cc2Cl)c(N)c1-c1ccc(Br)cc1. The Morgan fingerprint density at radius 2 is 1.67 bits per heavy atom. The first-order chi connectivity index (χ1) is 12.6. The minimum Gasteiger partial charge on any atom is -0.383 e. The van der Waals surface area contributed by atoms with E-state index >= 15 is 0 Å². The number of aromatic nitrogens is 2. The number of alkyl halides is 3. The molecule has 142 valence electrons. The Morgan fingerprint density at radius 1 is 1.11 bits per heavy atom. The molecule has 0 unspecified atom stereocenters. The maximum atomic E-state index is 13.0. The highest BCUT2D eigenvalue weighted by Crippen LogP contribution is 2.41. The van der Waals surface area contributed by atoms with Crippen molar-refractivity contribution in [3.05, 3.63) is 56.5 Å². The van der Waals surface area contributed by atoms with Crippen LogP contribution in [0.2, 0.25) is 10.0 Å². The summed E-state index contributed by atoms with van der Waals surface area (Å²) in [5.74, 6) is 0.227. The molecule has 1 heterocycles. The van der Waals surface area contributed by atoms with E-state index in [1.807, 2.05) is 30.5 Å². The fourth-order valence-electron chi connectivity index (χ4n) is 2.54. The number of benzene rings is 2. The summed E-state index contributed by atoms with van der Waals surface area (Å²) in [6, 6.07) is 9.04. The fraction of sp³-hybridized carbons (Fsp3) is 0.118. The summed E-state index contributed by atoms with van der Waals surface area (Å²) in [5.41, 5.74) is 6.90. The van der Waals surface area contributed by atoms with Crippen molar-refractivity contribution >= 4 is 56.7 Å². The average Bonchev–Trinajstić information content (AvgIpc) is 2.91. The van der Waals surface area contributed by atoms with Crippen LogP contribution in [-0.4, -0.2) is 16.0 Å². The first-order valence-electron chi connectivity index (χ1n) is 7.38. The van der Waals surface area contributed by atoms with Crippen LogP contribution in [0.3, 0.4) is 0 Å². The third kappa shape index (κ3) is 3.94. The lowest BCUT2D eigenvalue weighted by molar-refractivity contribution is -0.137. The number of nitrogen functional groups attached to an aromatic ring is 1.